The summed E-state index contributed by atoms with van der Waals surface area (Å²) in [6.07, 6.45) is 2.33. The van der Waals surface area contributed by atoms with Gasteiger partial charge in [-0.05, 0) is 38.6 Å². The Morgan fingerprint density at radius 3 is 2.72 bits per heavy atom. The molecular formula is C13H27N3OS. The molecule has 2 amide bonds. The SMILES string of the molecule is CCN(CC)[C@H](C)CNC(=O)N[C@H]1CCCSC1. The highest BCUT2D eigenvalue weighted by Crippen LogP contribution is 2.16. The van der Waals surface area contributed by atoms with Crippen molar-refractivity contribution in [3.63, 3.8) is 0 Å². The van der Waals surface area contributed by atoms with Gasteiger partial charge >= 0.3 is 6.03 Å². The molecule has 0 aliphatic carbocycles. The molecule has 2 N–H and O–H groups in total. The molecule has 1 saturated heterocycles. The van der Waals surface area contributed by atoms with Gasteiger partial charge in [0.05, 0.1) is 0 Å². The molecule has 106 valence electrons. The lowest BCUT2D eigenvalue weighted by atomic mass is 10.2. The van der Waals surface area contributed by atoms with E-state index in [1.165, 1.54) is 12.2 Å². The molecule has 1 aliphatic rings. The van der Waals surface area contributed by atoms with Crippen LogP contribution in [0.1, 0.15) is 33.6 Å². The molecule has 18 heavy (non-hydrogen) atoms. The number of amides is 2. The number of thioether (sulfide) groups is 1. The third-order valence-corrected chi connectivity index (χ3v) is 4.70. The average Bonchev–Trinajstić information content (AvgIpc) is 2.39. The number of hydrogen-bond acceptors (Lipinski definition) is 3. The van der Waals surface area contributed by atoms with E-state index in [4.69, 9.17) is 0 Å². The predicted octanol–water partition coefficient (Wildman–Crippen LogP) is 1.91. The predicted molar refractivity (Wildman–Crippen MR) is 79.3 cm³/mol. The highest BCUT2D eigenvalue weighted by atomic mass is 32.2. The quantitative estimate of drug-likeness (QED) is 0.777. The van der Waals surface area contributed by atoms with E-state index in [1.54, 1.807) is 0 Å². The lowest BCUT2D eigenvalue weighted by molar-refractivity contribution is 0.213. The van der Waals surface area contributed by atoms with Crippen LogP contribution in [0.2, 0.25) is 0 Å². The second-order valence-electron chi connectivity index (χ2n) is 4.84. The van der Waals surface area contributed by atoms with Crippen LogP contribution >= 0.6 is 11.8 Å². The van der Waals surface area contributed by atoms with Crippen LogP contribution in [0.3, 0.4) is 0 Å². The Morgan fingerprint density at radius 1 is 1.44 bits per heavy atom. The van der Waals surface area contributed by atoms with Crippen LogP contribution in [0.15, 0.2) is 0 Å². The lowest BCUT2D eigenvalue weighted by Crippen LogP contribution is -2.48. The van der Waals surface area contributed by atoms with E-state index in [0.717, 1.165) is 25.3 Å². The molecule has 1 aliphatic heterocycles. The van der Waals surface area contributed by atoms with Crippen molar-refractivity contribution in [2.24, 2.45) is 0 Å². The Bertz CT molecular complexity index is 240. The van der Waals surface area contributed by atoms with Crippen LogP contribution in [0.5, 0.6) is 0 Å². The van der Waals surface area contributed by atoms with Gasteiger partial charge in [0.25, 0.3) is 0 Å². The fourth-order valence-corrected chi connectivity index (χ4v) is 3.38. The van der Waals surface area contributed by atoms with Crippen molar-refractivity contribution in [3.05, 3.63) is 0 Å². The van der Waals surface area contributed by atoms with Crippen LogP contribution < -0.4 is 10.6 Å². The fourth-order valence-electron chi connectivity index (χ4n) is 2.31. The van der Waals surface area contributed by atoms with Gasteiger partial charge in [-0.3, -0.25) is 4.90 Å². The molecule has 0 unspecified atom stereocenters. The number of likely N-dealkylation sites (N-methyl/N-ethyl adjacent to an activating group) is 1. The molecule has 1 rings (SSSR count). The van der Waals surface area contributed by atoms with E-state index < -0.39 is 0 Å². The number of urea groups is 1. The zero-order chi connectivity index (χ0) is 13.4. The zero-order valence-electron chi connectivity index (χ0n) is 11.9. The van der Waals surface area contributed by atoms with E-state index >= 15 is 0 Å². The minimum atomic E-state index is -0.0125. The first kappa shape index (κ1) is 15.6. The smallest absolute Gasteiger partial charge is 0.315 e. The van der Waals surface area contributed by atoms with E-state index in [2.05, 4.69) is 36.3 Å². The standard InChI is InChI=1S/C13H27N3OS/c1-4-16(5-2)11(3)9-14-13(17)15-12-7-6-8-18-10-12/h11-12H,4-10H2,1-3H3,(H2,14,15,17)/t11-,12+/m1/s1. The second-order valence-corrected chi connectivity index (χ2v) is 5.99. The number of carbonyl (C=O) groups is 1. The molecule has 0 saturated carbocycles. The van der Waals surface area contributed by atoms with Gasteiger partial charge in [-0.25, -0.2) is 4.79 Å². The maximum absolute atomic E-state index is 11.8. The van der Waals surface area contributed by atoms with Gasteiger partial charge in [0, 0.05) is 24.4 Å². The summed E-state index contributed by atoms with van der Waals surface area (Å²) >= 11 is 1.93. The lowest BCUT2D eigenvalue weighted by Gasteiger charge is -2.27. The summed E-state index contributed by atoms with van der Waals surface area (Å²) in [5, 5.41) is 6.04. The first-order chi connectivity index (χ1) is 8.67. The van der Waals surface area contributed by atoms with Crippen molar-refractivity contribution in [1.29, 1.82) is 0 Å². The van der Waals surface area contributed by atoms with Crippen LogP contribution in [0.4, 0.5) is 4.79 Å². The van der Waals surface area contributed by atoms with Crippen molar-refractivity contribution in [2.75, 3.05) is 31.1 Å². The van der Waals surface area contributed by atoms with Crippen LogP contribution in [-0.4, -0.2) is 54.2 Å². The summed E-state index contributed by atoms with van der Waals surface area (Å²) in [5.74, 6) is 2.29. The molecule has 4 nitrogen and oxygen atoms in total. The molecular weight excluding hydrogens is 246 g/mol. The third-order valence-electron chi connectivity index (χ3n) is 3.49. The molecule has 0 bridgehead atoms. The summed E-state index contributed by atoms with van der Waals surface area (Å²) in [6.45, 7) is 9.23. The summed E-state index contributed by atoms with van der Waals surface area (Å²) in [6, 6.07) is 0.737. The monoisotopic (exact) mass is 273 g/mol. The molecule has 0 aromatic carbocycles. The maximum Gasteiger partial charge on any atom is 0.315 e. The van der Waals surface area contributed by atoms with Crippen molar-refractivity contribution in [3.8, 4) is 0 Å². The van der Waals surface area contributed by atoms with E-state index in [1.807, 2.05) is 11.8 Å². The molecule has 5 heteroatoms. The van der Waals surface area contributed by atoms with E-state index in [-0.39, 0.29) is 6.03 Å². The van der Waals surface area contributed by atoms with Crippen LogP contribution in [0.25, 0.3) is 0 Å². The van der Waals surface area contributed by atoms with E-state index in [9.17, 15) is 4.79 Å². The molecule has 1 fully saturated rings. The molecule has 0 spiro atoms. The highest BCUT2D eigenvalue weighted by molar-refractivity contribution is 7.99. The summed E-state index contributed by atoms with van der Waals surface area (Å²) in [5.41, 5.74) is 0. The number of nitrogens with one attached hydrogen (secondary N) is 2. The van der Waals surface area contributed by atoms with Crippen molar-refractivity contribution in [2.45, 2.75) is 45.7 Å². The number of nitrogens with zero attached hydrogens (tertiary/aromatic N) is 1. The first-order valence-corrected chi connectivity index (χ1v) is 8.19. The topological polar surface area (TPSA) is 44.4 Å². The van der Waals surface area contributed by atoms with Crippen molar-refractivity contribution < 1.29 is 4.79 Å². The molecule has 0 aromatic rings. The molecule has 2 atom stereocenters. The molecule has 1 heterocycles. The van der Waals surface area contributed by atoms with Gasteiger partial charge in [-0.2, -0.15) is 11.8 Å². The molecule has 0 aromatic heterocycles. The minimum absolute atomic E-state index is 0.0125. The van der Waals surface area contributed by atoms with Crippen LogP contribution in [-0.2, 0) is 0 Å². The Balaban J connectivity index is 2.19. The maximum atomic E-state index is 11.8. The van der Waals surface area contributed by atoms with Gasteiger partial charge in [-0.15, -0.1) is 0 Å². The van der Waals surface area contributed by atoms with Crippen molar-refractivity contribution in [1.82, 2.24) is 15.5 Å². The Kier molecular flexibility index (Phi) is 7.51. The summed E-state index contributed by atoms with van der Waals surface area (Å²) in [4.78, 5) is 14.1. The Labute approximate surface area is 115 Å². The first-order valence-electron chi connectivity index (χ1n) is 7.03. The average molecular weight is 273 g/mol. The largest absolute Gasteiger partial charge is 0.337 e. The highest BCUT2D eigenvalue weighted by Gasteiger charge is 2.16. The Morgan fingerprint density at radius 2 is 2.17 bits per heavy atom. The molecule has 0 radical (unpaired) electrons. The van der Waals surface area contributed by atoms with Gasteiger partial charge in [0.2, 0.25) is 0 Å². The fraction of sp³-hybridized carbons (Fsp3) is 0.923. The normalized spacial score (nSPS) is 21.7. The van der Waals surface area contributed by atoms with Gasteiger partial charge in [0.15, 0.2) is 0 Å². The van der Waals surface area contributed by atoms with Crippen LogP contribution in [0, 0.1) is 0 Å². The van der Waals surface area contributed by atoms with Gasteiger partial charge < -0.3 is 10.6 Å². The zero-order valence-corrected chi connectivity index (χ0v) is 12.7. The van der Waals surface area contributed by atoms with Crippen molar-refractivity contribution >= 4 is 17.8 Å². The third kappa shape index (κ3) is 5.48. The summed E-state index contributed by atoms with van der Waals surface area (Å²) in [7, 11) is 0. The number of carbonyl (C=O) groups excluding carboxylic acids is 1. The van der Waals surface area contributed by atoms with Gasteiger partial charge in [-0.1, -0.05) is 13.8 Å². The minimum Gasteiger partial charge on any atom is -0.337 e. The Hall–Kier alpha value is -0.420. The second kappa shape index (κ2) is 8.64. The number of hydrogen-bond donors (Lipinski definition) is 2. The van der Waals surface area contributed by atoms with E-state index in [0.29, 0.717) is 18.6 Å². The van der Waals surface area contributed by atoms with Gasteiger partial charge in [0.1, 0.15) is 0 Å². The number of rotatable bonds is 6. The summed E-state index contributed by atoms with van der Waals surface area (Å²) < 4.78 is 0.